The Morgan fingerprint density at radius 3 is 2.64 bits per heavy atom. The van der Waals surface area contributed by atoms with Crippen molar-refractivity contribution in [2.75, 3.05) is 13.7 Å². The summed E-state index contributed by atoms with van der Waals surface area (Å²) in [6, 6.07) is 5.87. The molecule has 0 radical (unpaired) electrons. The molecule has 0 heterocycles. The van der Waals surface area contributed by atoms with E-state index in [9.17, 15) is 4.79 Å². The van der Waals surface area contributed by atoms with Gasteiger partial charge < -0.3 is 15.8 Å². The van der Waals surface area contributed by atoms with Gasteiger partial charge >= 0.3 is 0 Å². The summed E-state index contributed by atoms with van der Waals surface area (Å²) in [4.78, 5) is 12.2. The maximum atomic E-state index is 12.2. The largest absolute Gasteiger partial charge is 0.496 e. The summed E-state index contributed by atoms with van der Waals surface area (Å²) in [5.41, 5.74) is 6.60. The molecule has 124 valence electrons. The van der Waals surface area contributed by atoms with Crippen LogP contribution in [0.3, 0.4) is 0 Å². The number of aryl methyl sites for hydroxylation is 1. The molecule has 0 spiro atoms. The van der Waals surface area contributed by atoms with Crippen molar-refractivity contribution in [3.05, 3.63) is 28.2 Å². The summed E-state index contributed by atoms with van der Waals surface area (Å²) in [7, 11) is 1.63. The van der Waals surface area contributed by atoms with Gasteiger partial charge in [0, 0.05) is 18.5 Å². The second-order valence-electron chi connectivity index (χ2n) is 6.38. The molecule has 0 bridgehead atoms. The van der Waals surface area contributed by atoms with E-state index in [0.717, 1.165) is 22.2 Å². The van der Waals surface area contributed by atoms with E-state index in [4.69, 9.17) is 10.5 Å². The molecule has 0 aliphatic heterocycles. The number of amides is 1. The molecule has 1 amide bonds. The van der Waals surface area contributed by atoms with E-state index in [2.05, 4.69) is 35.1 Å². The van der Waals surface area contributed by atoms with Crippen molar-refractivity contribution < 1.29 is 9.53 Å². The molecule has 1 aromatic rings. The fraction of sp³-hybridized carbons (Fsp3) is 0.588. The Kier molecular flexibility index (Phi) is 7.36. The molecule has 1 unspecified atom stereocenters. The molecule has 1 rings (SSSR count). The first-order valence-electron chi connectivity index (χ1n) is 7.63. The van der Waals surface area contributed by atoms with Crippen molar-refractivity contribution >= 4 is 21.8 Å². The molecule has 3 N–H and O–H groups in total. The van der Waals surface area contributed by atoms with Gasteiger partial charge in [0.1, 0.15) is 5.75 Å². The quantitative estimate of drug-likeness (QED) is 0.737. The summed E-state index contributed by atoms with van der Waals surface area (Å²) in [5, 5.41) is 3.08. The number of nitrogens with one attached hydrogen (secondary N) is 1. The number of carbonyl (C=O) groups excluding carboxylic acids is 1. The Hall–Kier alpha value is -1.07. The molecule has 0 aliphatic carbocycles. The molecule has 0 aromatic heterocycles. The van der Waals surface area contributed by atoms with Gasteiger partial charge in [-0.15, -0.1) is 0 Å². The lowest BCUT2D eigenvalue weighted by molar-refractivity contribution is -0.122. The second-order valence-corrected chi connectivity index (χ2v) is 7.23. The monoisotopic (exact) mass is 370 g/mol. The lowest BCUT2D eigenvalue weighted by atomic mass is 9.90. The lowest BCUT2D eigenvalue weighted by Crippen LogP contribution is -2.52. The summed E-state index contributed by atoms with van der Waals surface area (Å²) in [6.07, 6.45) is 2.02. The van der Waals surface area contributed by atoms with Crippen molar-refractivity contribution in [1.82, 2.24) is 5.32 Å². The summed E-state index contributed by atoms with van der Waals surface area (Å²) < 4.78 is 6.11. The van der Waals surface area contributed by atoms with E-state index in [0.29, 0.717) is 25.3 Å². The highest BCUT2D eigenvalue weighted by molar-refractivity contribution is 9.10. The summed E-state index contributed by atoms with van der Waals surface area (Å²) in [5.74, 6) is 1.33. The number of ether oxygens (including phenoxy) is 1. The minimum absolute atomic E-state index is 0.0422. The summed E-state index contributed by atoms with van der Waals surface area (Å²) in [6.45, 7) is 6.73. The van der Waals surface area contributed by atoms with Crippen LogP contribution < -0.4 is 15.8 Å². The normalized spacial score (nSPS) is 13.8. The fourth-order valence-corrected chi connectivity index (χ4v) is 3.20. The average Bonchev–Trinajstić information content (AvgIpc) is 2.44. The number of halogens is 1. The van der Waals surface area contributed by atoms with E-state index >= 15 is 0 Å². The van der Waals surface area contributed by atoms with Gasteiger partial charge in [0.25, 0.3) is 0 Å². The highest BCUT2D eigenvalue weighted by atomic mass is 79.9. The molecule has 4 nitrogen and oxygen atoms in total. The van der Waals surface area contributed by atoms with Crippen LogP contribution in [0.25, 0.3) is 0 Å². The number of hydrogen-bond donors (Lipinski definition) is 2. The van der Waals surface area contributed by atoms with Crippen LogP contribution in [0.5, 0.6) is 5.75 Å². The van der Waals surface area contributed by atoms with E-state index in [1.165, 1.54) is 0 Å². The van der Waals surface area contributed by atoms with Crippen LogP contribution in [0, 0.1) is 5.92 Å². The van der Waals surface area contributed by atoms with Crippen molar-refractivity contribution in [3.8, 4) is 5.75 Å². The maximum absolute atomic E-state index is 12.2. The molecular formula is C17H27BrN2O2. The predicted octanol–water partition coefficient (Wildman–Crippen LogP) is 3.27. The highest BCUT2D eigenvalue weighted by Crippen LogP contribution is 2.26. The smallest absolute Gasteiger partial charge is 0.220 e. The zero-order valence-corrected chi connectivity index (χ0v) is 15.5. The van der Waals surface area contributed by atoms with Gasteiger partial charge in [-0.25, -0.2) is 0 Å². The van der Waals surface area contributed by atoms with Gasteiger partial charge in [0.15, 0.2) is 0 Å². The van der Waals surface area contributed by atoms with Crippen LogP contribution in [0.2, 0.25) is 0 Å². The van der Waals surface area contributed by atoms with Crippen LogP contribution in [-0.2, 0) is 11.2 Å². The maximum Gasteiger partial charge on any atom is 0.220 e. The van der Waals surface area contributed by atoms with Crippen molar-refractivity contribution in [1.29, 1.82) is 0 Å². The van der Waals surface area contributed by atoms with Gasteiger partial charge in [-0.3, -0.25) is 4.79 Å². The number of carbonyl (C=O) groups is 1. The Labute approximate surface area is 141 Å². The highest BCUT2D eigenvalue weighted by Gasteiger charge is 2.25. The fourth-order valence-electron chi connectivity index (χ4n) is 2.61. The van der Waals surface area contributed by atoms with Gasteiger partial charge in [0.2, 0.25) is 5.91 Å². The van der Waals surface area contributed by atoms with Gasteiger partial charge in [-0.1, -0.05) is 19.9 Å². The van der Waals surface area contributed by atoms with Crippen molar-refractivity contribution in [3.63, 3.8) is 0 Å². The zero-order valence-electron chi connectivity index (χ0n) is 13.9. The SMILES string of the molecule is COc1ccc(CCC(=O)NC(C)(CN)CC(C)C)cc1Br. The van der Waals surface area contributed by atoms with Gasteiger partial charge in [0.05, 0.1) is 11.6 Å². The Bertz CT molecular complexity index is 505. The molecule has 0 saturated carbocycles. The van der Waals surface area contributed by atoms with Crippen molar-refractivity contribution in [2.24, 2.45) is 11.7 Å². The first-order valence-corrected chi connectivity index (χ1v) is 8.42. The Morgan fingerprint density at radius 2 is 2.14 bits per heavy atom. The molecule has 22 heavy (non-hydrogen) atoms. The van der Waals surface area contributed by atoms with E-state index < -0.39 is 0 Å². The Balaban J connectivity index is 2.57. The predicted molar refractivity (Wildman–Crippen MR) is 94.1 cm³/mol. The number of hydrogen-bond acceptors (Lipinski definition) is 3. The third-order valence-corrected chi connectivity index (χ3v) is 4.23. The number of rotatable bonds is 8. The van der Waals surface area contributed by atoms with Crippen LogP contribution in [-0.4, -0.2) is 25.1 Å². The first kappa shape index (κ1) is 19.0. The van der Waals surface area contributed by atoms with Crippen molar-refractivity contribution in [2.45, 2.75) is 45.6 Å². The molecule has 0 aliphatic rings. The number of nitrogens with two attached hydrogens (primary N) is 1. The second kappa shape index (κ2) is 8.53. The first-order chi connectivity index (χ1) is 10.3. The van der Waals surface area contributed by atoms with E-state index in [-0.39, 0.29) is 11.4 Å². The van der Waals surface area contributed by atoms with Crippen LogP contribution in [0.4, 0.5) is 0 Å². The topological polar surface area (TPSA) is 64.3 Å². The zero-order chi connectivity index (χ0) is 16.8. The molecular weight excluding hydrogens is 344 g/mol. The molecule has 1 atom stereocenters. The molecule has 0 fully saturated rings. The minimum Gasteiger partial charge on any atom is -0.496 e. The molecule has 5 heteroatoms. The third kappa shape index (κ3) is 5.97. The Morgan fingerprint density at radius 1 is 1.45 bits per heavy atom. The standard InChI is InChI=1S/C17H27BrN2O2/c1-12(2)10-17(3,11-19)20-16(21)8-6-13-5-7-15(22-4)14(18)9-13/h5,7,9,12H,6,8,10-11,19H2,1-4H3,(H,20,21). The molecule has 0 saturated heterocycles. The van der Waals surface area contributed by atoms with Crippen LogP contribution in [0.1, 0.15) is 39.2 Å². The number of methoxy groups -OCH3 is 1. The van der Waals surface area contributed by atoms with Crippen LogP contribution in [0.15, 0.2) is 22.7 Å². The van der Waals surface area contributed by atoms with E-state index in [1.54, 1.807) is 7.11 Å². The van der Waals surface area contributed by atoms with Gasteiger partial charge in [-0.2, -0.15) is 0 Å². The van der Waals surface area contributed by atoms with Crippen LogP contribution >= 0.6 is 15.9 Å². The third-order valence-electron chi connectivity index (χ3n) is 3.61. The van der Waals surface area contributed by atoms with Gasteiger partial charge in [-0.05, 0) is 59.3 Å². The lowest BCUT2D eigenvalue weighted by Gasteiger charge is -2.31. The summed E-state index contributed by atoms with van der Waals surface area (Å²) >= 11 is 3.46. The number of benzene rings is 1. The van der Waals surface area contributed by atoms with E-state index in [1.807, 2.05) is 25.1 Å². The average molecular weight is 371 g/mol. The molecule has 1 aromatic carbocycles. The minimum atomic E-state index is -0.328.